The molecule has 3 heterocycles. The van der Waals surface area contributed by atoms with E-state index in [1.165, 1.54) is 0 Å². The first-order chi connectivity index (χ1) is 15.8. The lowest BCUT2D eigenvalue weighted by atomic mass is 9.70. The number of likely N-dealkylation sites (tertiary alicyclic amines) is 1. The van der Waals surface area contributed by atoms with Crippen molar-refractivity contribution in [3.8, 4) is 0 Å². The molecule has 7 atom stereocenters. The SMILES string of the molecule is CCCC(C)NC(=O)C1N(CCCO)C(=O)[C@@H]2[C@H](C(=O)Nc3ccccc3)[C@H]3SC12CC3Br. The van der Waals surface area contributed by atoms with Crippen molar-refractivity contribution in [2.75, 3.05) is 18.5 Å². The molecule has 3 amide bonds. The van der Waals surface area contributed by atoms with Gasteiger partial charge in [-0.05, 0) is 38.3 Å². The van der Waals surface area contributed by atoms with Gasteiger partial charge < -0.3 is 20.6 Å². The first-order valence-corrected chi connectivity index (χ1v) is 13.5. The van der Waals surface area contributed by atoms with E-state index in [4.69, 9.17) is 0 Å². The third-order valence-electron chi connectivity index (χ3n) is 7.05. The van der Waals surface area contributed by atoms with Crippen molar-refractivity contribution in [1.29, 1.82) is 0 Å². The molecule has 0 aromatic heterocycles. The number of hydrogen-bond acceptors (Lipinski definition) is 5. The Morgan fingerprint density at radius 2 is 2.03 bits per heavy atom. The van der Waals surface area contributed by atoms with Crippen LogP contribution in [0.1, 0.15) is 39.5 Å². The second-order valence-corrected chi connectivity index (χ2v) is 12.0. The molecule has 3 aliphatic heterocycles. The van der Waals surface area contributed by atoms with Crippen molar-refractivity contribution < 1.29 is 19.5 Å². The molecule has 3 fully saturated rings. The van der Waals surface area contributed by atoms with Gasteiger partial charge in [-0.2, -0.15) is 0 Å². The van der Waals surface area contributed by atoms with E-state index >= 15 is 0 Å². The summed E-state index contributed by atoms with van der Waals surface area (Å²) in [6, 6.07) is 8.61. The molecule has 7 nitrogen and oxygen atoms in total. The molecule has 180 valence electrons. The Kier molecular flexibility index (Phi) is 7.41. The highest BCUT2D eigenvalue weighted by Gasteiger charge is 2.75. The lowest BCUT2D eigenvalue weighted by Crippen LogP contribution is -2.55. The normalized spacial score (nSPS) is 33.2. The molecule has 4 rings (SSSR count). The van der Waals surface area contributed by atoms with Crippen LogP contribution in [0.4, 0.5) is 5.69 Å². The van der Waals surface area contributed by atoms with Crippen LogP contribution in [-0.4, -0.2) is 67.8 Å². The zero-order valence-electron chi connectivity index (χ0n) is 19.0. The number of anilines is 1. The molecular formula is C24H32BrN3O4S. The molecule has 3 aliphatic rings. The van der Waals surface area contributed by atoms with Crippen LogP contribution < -0.4 is 10.6 Å². The molecule has 0 saturated carbocycles. The van der Waals surface area contributed by atoms with E-state index in [0.717, 1.165) is 12.8 Å². The summed E-state index contributed by atoms with van der Waals surface area (Å²) in [7, 11) is 0. The third-order valence-corrected chi connectivity index (χ3v) is 10.3. The summed E-state index contributed by atoms with van der Waals surface area (Å²) in [5.41, 5.74) is 0.695. The number of aliphatic hydroxyl groups excluding tert-OH is 1. The monoisotopic (exact) mass is 537 g/mol. The number of para-hydroxylation sites is 1. The number of carbonyl (C=O) groups excluding carboxylic acids is 3. The van der Waals surface area contributed by atoms with Crippen LogP contribution in [0.3, 0.4) is 0 Å². The number of nitrogens with one attached hydrogen (secondary N) is 2. The smallest absolute Gasteiger partial charge is 0.244 e. The Hall–Kier alpha value is -1.58. The predicted molar refractivity (Wildman–Crippen MR) is 133 cm³/mol. The number of aliphatic hydroxyl groups is 1. The van der Waals surface area contributed by atoms with E-state index in [1.54, 1.807) is 16.7 Å². The van der Waals surface area contributed by atoms with Gasteiger partial charge in [-0.3, -0.25) is 14.4 Å². The molecule has 2 bridgehead atoms. The number of nitrogens with zero attached hydrogens (tertiary/aromatic N) is 1. The summed E-state index contributed by atoms with van der Waals surface area (Å²) in [6.07, 6.45) is 2.87. The van der Waals surface area contributed by atoms with Crippen LogP contribution in [0.15, 0.2) is 30.3 Å². The van der Waals surface area contributed by atoms with Gasteiger partial charge in [-0.15, -0.1) is 11.8 Å². The molecule has 1 aromatic carbocycles. The second kappa shape index (κ2) is 9.96. The van der Waals surface area contributed by atoms with Gasteiger partial charge in [0, 0.05) is 35.0 Å². The second-order valence-electron chi connectivity index (χ2n) is 9.33. The lowest BCUT2D eigenvalue weighted by molar-refractivity contribution is -0.139. The van der Waals surface area contributed by atoms with Crippen molar-refractivity contribution in [1.82, 2.24) is 10.2 Å². The van der Waals surface area contributed by atoms with E-state index in [-0.39, 0.29) is 40.4 Å². The molecule has 3 N–H and O–H groups in total. The molecule has 33 heavy (non-hydrogen) atoms. The number of hydrogen-bond donors (Lipinski definition) is 3. The number of thioether (sulfide) groups is 1. The average molecular weight is 539 g/mol. The van der Waals surface area contributed by atoms with Gasteiger partial charge >= 0.3 is 0 Å². The Labute approximate surface area is 207 Å². The number of amides is 3. The summed E-state index contributed by atoms with van der Waals surface area (Å²) >= 11 is 5.39. The van der Waals surface area contributed by atoms with E-state index < -0.39 is 22.6 Å². The fourth-order valence-corrected chi connectivity index (χ4v) is 9.40. The quantitative estimate of drug-likeness (QED) is 0.420. The Balaban J connectivity index is 1.66. The molecule has 4 unspecified atom stereocenters. The number of benzene rings is 1. The van der Waals surface area contributed by atoms with E-state index in [0.29, 0.717) is 25.1 Å². The molecule has 0 radical (unpaired) electrons. The average Bonchev–Trinajstić information content (AvgIpc) is 3.36. The first kappa shape index (κ1) is 24.5. The van der Waals surface area contributed by atoms with Gasteiger partial charge in [0.15, 0.2) is 0 Å². The van der Waals surface area contributed by atoms with Gasteiger partial charge in [0.2, 0.25) is 17.7 Å². The zero-order chi connectivity index (χ0) is 23.8. The predicted octanol–water partition coefficient (Wildman–Crippen LogP) is 2.78. The number of alkyl halides is 1. The van der Waals surface area contributed by atoms with Gasteiger partial charge in [0.05, 0.1) is 16.6 Å². The summed E-state index contributed by atoms with van der Waals surface area (Å²) in [5, 5.41) is 15.4. The fraction of sp³-hybridized carbons (Fsp3) is 0.625. The minimum absolute atomic E-state index is 0.00768. The Morgan fingerprint density at radius 3 is 2.70 bits per heavy atom. The minimum Gasteiger partial charge on any atom is -0.396 e. The minimum atomic E-state index is -0.653. The van der Waals surface area contributed by atoms with Gasteiger partial charge in [-0.25, -0.2) is 0 Å². The topological polar surface area (TPSA) is 98.7 Å². The van der Waals surface area contributed by atoms with E-state index in [9.17, 15) is 19.5 Å². The summed E-state index contributed by atoms with van der Waals surface area (Å²) in [4.78, 5) is 42.4. The molecular weight excluding hydrogens is 506 g/mol. The maximum atomic E-state index is 13.7. The highest BCUT2D eigenvalue weighted by molar-refractivity contribution is 9.09. The van der Waals surface area contributed by atoms with Gasteiger partial charge in [0.25, 0.3) is 0 Å². The molecule has 1 aromatic rings. The zero-order valence-corrected chi connectivity index (χ0v) is 21.4. The van der Waals surface area contributed by atoms with Crippen molar-refractivity contribution >= 4 is 51.1 Å². The maximum Gasteiger partial charge on any atom is 0.244 e. The maximum absolute atomic E-state index is 13.7. The first-order valence-electron chi connectivity index (χ1n) is 11.7. The summed E-state index contributed by atoms with van der Waals surface area (Å²) in [5.74, 6) is -1.55. The Bertz CT molecular complexity index is 903. The van der Waals surface area contributed by atoms with Crippen LogP contribution in [-0.2, 0) is 14.4 Å². The highest BCUT2D eigenvalue weighted by atomic mass is 79.9. The molecule has 9 heteroatoms. The van der Waals surface area contributed by atoms with Crippen molar-refractivity contribution in [2.24, 2.45) is 11.8 Å². The Morgan fingerprint density at radius 1 is 1.30 bits per heavy atom. The molecule has 3 saturated heterocycles. The lowest BCUT2D eigenvalue weighted by Gasteiger charge is -2.35. The van der Waals surface area contributed by atoms with E-state index in [1.807, 2.05) is 37.3 Å². The van der Waals surface area contributed by atoms with Crippen LogP contribution in [0.25, 0.3) is 0 Å². The largest absolute Gasteiger partial charge is 0.396 e. The number of halogens is 1. The summed E-state index contributed by atoms with van der Waals surface area (Å²) < 4.78 is -0.653. The number of fused-ring (bicyclic) bond motifs is 1. The standard InChI is InChI=1S/C24H32BrN3O4S/c1-3-8-14(2)26-22(31)20-24-13-16(25)19(33-24)17(18(24)23(32)28(20)11-7-12-29)21(30)27-15-9-5-4-6-10-15/h4-6,9-10,14,16-20,29H,3,7-8,11-13H2,1-2H3,(H,26,31)(H,27,30)/t14?,16?,17-,18-,19-,20?,24?/m0/s1. The molecule has 0 aliphatic carbocycles. The van der Waals surface area contributed by atoms with Crippen LogP contribution in [0, 0.1) is 11.8 Å². The van der Waals surface area contributed by atoms with Crippen molar-refractivity contribution in [3.05, 3.63) is 30.3 Å². The third kappa shape index (κ3) is 4.32. The molecule has 1 spiro atoms. The summed E-state index contributed by atoms with van der Waals surface area (Å²) in [6.45, 7) is 4.30. The van der Waals surface area contributed by atoms with Gasteiger partial charge in [0.1, 0.15) is 6.04 Å². The van der Waals surface area contributed by atoms with Gasteiger partial charge in [-0.1, -0.05) is 47.5 Å². The van der Waals surface area contributed by atoms with Crippen LogP contribution in [0.5, 0.6) is 0 Å². The fourth-order valence-electron chi connectivity index (χ4n) is 5.79. The van der Waals surface area contributed by atoms with Crippen molar-refractivity contribution in [3.63, 3.8) is 0 Å². The van der Waals surface area contributed by atoms with E-state index in [2.05, 4.69) is 33.5 Å². The van der Waals surface area contributed by atoms with Crippen molar-refractivity contribution in [2.45, 2.75) is 66.4 Å². The number of carbonyl (C=O) groups is 3. The highest BCUT2D eigenvalue weighted by Crippen LogP contribution is 2.67. The van der Waals surface area contributed by atoms with Crippen LogP contribution >= 0.6 is 27.7 Å². The number of rotatable bonds is 9. The van der Waals surface area contributed by atoms with Crippen LogP contribution in [0.2, 0.25) is 0 Å².